The van der Waals surface area contributed by atoms with Crippen LogP contribution < -0.4 is 4.74 Å². The molecule has 80 valence electrons. The van der Waals surface area contributed by atoms with E-state index in [1.165, 1.54) is 6.21 Å². The summed E-state index contributed by atoms with van der Waals surface area (Å²) in [4.78, 5) is 11.5. The van der Waals surface area contributed by atoms with Gasteiger partial charge in [-0.05, 0) is 24.3 Å². The summed E-state index contributed by atoms with van der Waals surface area (Å²) < 4.78 is 4.99. The lowest BCUT2D eigenvalue weighted by molar-refractivity contribution is 0.106. The van der Waals surface area contributed by atoms with E-state index in [9.17, 15) is 4.79 Å². The van der Waals surface area contributed by atoms with E-state index in [1.54, 1.807) is 50.5 Å². The van der Waals surface area contributed by atoms with E-state index >= 15 is 0 Å². The number of methoxy groups -OCH3 is 1. The third-order valence-corrected chi connectivity index (χ3v) is 1.78. The first-order chi connectivity index (χ1) is 7.13. The molecule has 0 amide bonds. The van der Waals surface area contributed by atoms with Crippen LogP contribution in [-0.4, -0.2) is 38.2 Å². The van der Waals surface area contributed by atoms with Crippen LogP contribution in [0.4, 0.5) is 0 Å². The second kappa shape index (κ2) is 5.14. The molecule has 0 radical (unpaired) electrons. The van der Waals surface area contributed by atoms with Crippen LogP contribution in [0.1, 0.15) is 10.4 Å². The van der Waals surface area contributed by atoms with Gasteiger partial charge in [-0.1, -0.05) is 0 Å². The van der Waals surface area contributed by atoms with Crippen LogP contribution in [0.2, 0.25) is 0 Å². The van der Waals surface area contributed by atoms with Crippen LogP contribution in [0.25, 0.3) is 0 Å². The smallest absolute Gasteiger partial charge is 0.205 e. The van der Waals surface area contributed by atoms with E-state index in [1.807, 2.05) is 0 Å². The van der Waals surface area contributed by atoms with Gasteiger partial charge in [0, 0.05) is 19.7 Å². The largest absolute Gasteiger partial charge is 0.497 e. The maximum atomic E-state index is 11.5. The second-order valence-electron chi connectivity index (χ2n) is 3.18. The molecule has 0 saturated carbocycles. The Morgan fingerprint density at radius 1 is 1.33 bits per heavy atom. The molecule has 1 rings (SSSR count). The fourth-order valence-corrected chi connectivity index (χ4v) is 0.998. The molecule has 0 bridgehead atoms. The number of carbonyl (C=O) groups excluding carboxylic acids is 1. The van der Waals surface area contributed by atoms with Crippen molar-refractivity contribution in [1.29, 1.82) is 0 Å². The normalized spacial score (nSPS) is 10.3. The molecule has 0 aliphatic rings. The average Bonchev–Trinajstić information content (AvgIpc) is 2.26. The molecule has 4 nitrogen and oxygen atoms in total. The first-order valence-electron chi connectivity index (χ1n) is 4.53. The van der Waals surface area contributed by atoms with E-state index < -0.39 is 0 Å². The molecule has 0 atom stereocenters. The minimum absolute atomic E-state index is 0.119. The zero-order valence-electron chi connectivity index (χ0n) is 9.10. The fraction of sp³-hybridized carbons (Fsp3) is 0.273. The Balaban J connectivity index is 2.74. The van der Waals surface area contributed by atoms with Gasteiger partial charge >= 0.3 is 0 Å². The van der Waals surface area contributed by atoms with Crippen LogP contribution in [0, 0.1) is 0 Å². The van der Waals surface area contributed by atoms with Crippen LogP contribution in [0.3, 0.4) is 0 Å². The number of rotatable bonds is 4. The van der Waals surface area contributed by atoms with E-state index in [0.717, 1.165) is 5.75 Å². The Labute approximate surface area is 89.2 Å². The maximum absolute atomic E-state index is 11.5. The van der Waals surface area contributed by atoms with Gasteiger partial charge in [-0.3, -0.25) is 4.79 Å². The molecule has 0 aliphatic heterocycles. The van der Waals surface area contributed by atoms with E-state index in [0.29, 0.717) is 5.56 Å². The first-order valence-corrected chi connectivity index (χ1v) is 4.53. The maximum Gasteiger partial charge on any atom is 0.205 e. The van der Waals surface area contributed by atoms with E-state index in [-0.39, 0.29) is 5.78 Å². The van der Waals surface area contributed by atoms with Crippen molar-refractivity contribution in [2.45, 2.75) is 0 Å². The van der Waals surface area contributed by atoms with Crippen molar-refractivity contribution < 1.29 is 9.53 Å². The lowest BCUT2D eigenvalue weighted by atomic mass is 10.1. The van der Waals surface area contributed by atoms with Crippen LogP contribution in [0.15, 0.2) is 29.4 Å². The minimum atomic E-state index is -0.119. The van der Waals surface area contributed by atoms with Crippen LogP contribution in [-0.2, 0) is 0 Å². The number of hydrogen-bond donors (Lipinski definition) is 0. The van der Waals surface area contributed by atoms with Crippen molar-refractivity contribution >= 4 is 12.0 Å². The topological polar surface area (TPSA) is 41.9 Å². The Hall–Kier alpha value is -1.84. The number of hydrogen-bond acceptors (Lipinski definition) is 4. The highest BCUT2D eigenvalue weighted by Gasteiger charge is 2.02. The summed E-state index contributed by atoms with van der Waals surface area (Å²) in [6.45, 7) is 0. The monoisotopic (exact) mass is 206 g/mol. The number of benzene rings is 1. The molecule has 0 aliphatic carbocycles. The van der Waals surface area contributed by atoms with Crippen molar-refractivity contribution in [2.75, 3.05) is 21.2 Å². The zero-order valence-corrected chi connectivity index (χ0v) is 9.10. The summed E-state index contributed by atoms with van der Waals surface area (Å²) in [5.41, 5.74) is 0.599. The van der Waals surface area contributed by atoms with Crippen molar-refractivity contribution in [2.24, 2.45) is 5.10 Å². The predicted octanol–water partition coefficient (Wildman–Crippen LogP) is 1.43. The van der Waals surface area contributed by atoms with Crippen molar-refractivity contribution in [3.05, 3.63) is 29.8 Å². The van der Waals surface area contributed by atoms with Crippen molar-refractivity contribution in [3.8, 4) is 5.75 Å². The third-order valence-electron chi connectivity index (χ3n) is 1.78. The molecule has 0 N–H and O–H groups in total. The van der Waals surface area contributed by atoms with Gasteiger partial charge in [-0.15, -0.1) is 0 Å². The first kappa shape index (κ1) is 11.2. The number of carbonyl (C=O) groups is 1. The van der Waals surface area contributed by atoms with Gasteiger partial charge in [0.1, 0.15) is 5.75 Å². The molecule has 1 aromatic carbocycles. The summed E-state index contributed by atoms with van der Waals surface area (Å²) in [6, 6.07) is 6.92. The average molecular weight is 206 g/mol. The number of ether oxygens (including phenoxy) is 1. The summed E-state index contributed by atoms with van der Waals surface area (Å²) >= 11 is 0. The number of Topliss-reactive ketones (excluding diaryl/α,β-unsaturated/α-hetero) is 1. The molecule has 1 aromatic rings. The van der Waals surface area contributed by atoms with Gasteiger partial charge in [0.2, 0.25) is 5.78 Å². The lowest BCUT2D eigenvalue weighted by Gasteiger charge is -2.02. The van der Waals surface area contributed by atoms with E-state index in [4.69, 9.17) is 4.74 Å². The summed E-state index contributed by atoms with van der Waals surface area (Å²) in [5, 5.41) is 5.44. The quantitative estimate of drug-likeness (QED) is 0.425. The number of nitrogens with zero attached hydrogens (tertiary/aromatic N) is 2. The van der Waals surface area contributed by atoms with Crippen LogP contribution >= 0.6 is 0 Å². The molecular weight excluding hydrogens is 192 g/mol. The van der Waals surface area contributed by atoms with Gasteiger partial charge < -0.3 is 9.75 Å². The second-order valence-corrected chi connectivity index (χ2v) is 3.18. The molecule has 4 heteroatoms. The molecule has 0 saturated heterocycles. The molecule has 0 fully saturated rings. The molecule has 0 unspecified atom stereocenters. The SMILES string of the molecule is COc1ccc(C(=O)C=NN(C)C)cc1. The Morgan fingerprint density at radius 3 is 2.40 bits per heavy atom. The number of ketones is 1. The third kappa shape index (κ3) is 3.42. The summed E-state index contributed by atoms with van der Waals surface area (Å²) in [5.74, 6) is 0.613. The van der Waals surface area contributed by atoms with Gasteiger partial charge in [0.05, 0.1) is 13.3 Å². The number of hydrazone groups is 1. The van der Waals surface area contributed by atoms with Crippen molar-refractivity contribution in [1.82, 2.24) is 5.01 Å². The fourth-order valence-electron chi connectivity index (χ4n) is 0.998. The highest BCUT2D eigenvalue weighted by atomic mass is 16.5. The van der Waals surface area contributed by atoms with Gasteiger partial charge in [-0.2, -0.15) is 5.10 Å². The highest BCUT2D eigenvalue weighted by Crippen LogP contribution is 2.11. The molecule has 15 heavy (non-hydrogen) atoms. The molecule has 0 heterocycles. The lowest BCUT2D eigenvalue weighted by Crippen LogP contribution is -2.07. The molecular formula is C11H14N2O2. The Bertz CT molecular complexity index is 355. The van der Waals surface area contributed by atoms with Gasteiger partial charge in [0.25, 0.3) is 0 Å². The zero-order chi connectivity index (χ0) is 11.3. The predicted molar refractivity (Wildman–Crippen MR) is 59.5 cm³/mol. The minimum Gasteiger partial charge on any atom is -0.497 e. The van der Waals surface area contributed by atoms with Gasteiger partial charge in [0.15, 0.2) is 0 Å². The Kier molecular flexibility index (Phi) is 3.85. The van der Waals surface area contributed by atoms with E-state index in [2.05, 4.69) is 5.10 Å². The van der Waals surface area contributed by atoms with Gasteiger partial charge in [-0.25, -0.2) is 0 Å². The Morgan fingerprint density at radius 2 is 1.93 bits per heavy atom. The standard InChI is InChI=1S/C11H14N2O2/c1-13(2)12-8-11(14)9-4-6-10(15-3)7-5-9/h4-8H,1-3H3. The van der Waals surface area contributed by atoms with Crippen molar-refractivity contribution in [3.63, 3.8) is 0 Å². The summed E-state index contributed by atoms with van der Waals surface area (Å²) in [6.07, 6.45) is 1.29. The summed E-state index contributed by atoms with van der Waals surface area (Å²) in [7, 11) is 5.11. The molecule has 0 spiro atoms. The van der Waals surface area contributed by atoms with Crippen LogP contribution in [0.5, 0.6) is 5.75 Å². The molecule has 0 aromatic heterocycles. The highest BCUT2D eigenvalue weighted by molar-refractivity contribution is 6.35.